The summed E-state index contributed by atoms with van der Waals surface area (Å²) in [6.45, 7) is 0.777. The van der Waals surface area contributed by atoms with Gasteiger partial charge in [-0.1, -0.05) is 16.8 Å². The second-order valence-electron chi connectivity index (χ2n) is 3.76. The number of halogens is 1. The summed E-state index contributed by atoms with van der Waals surface area (Å²) >= 11 is 5.98. The standard InChI is InChI=1S/C12H17ClN2O3/c13-11-8-9(18-7-3-1-2-6-16)4-5-10(11)12(14)15-17/h4-5,8,16-17H,1-3,6-7H2,(H2,14,15). The van der Waals surface area contributed by atoms with Crippen LogP contribution in [0.25, 0.3) is 0 Å². The molecule has 1 rings (SSSR count). The summed E-state index contributed by atoms with van der Waals surface area (Å²) in [5, 5.41) is 20.4. The van der Waals surface area contributed by atoms with Gasteiger partial charge in [0.05, 0.1) is 11.6 Å². The lowest BCUT2D eigenvalue weighted by Crippen LogP contribution is -2.13. The number of hydrogen-bond donors (Lipinski definition) is 3. The highest BCUT2D eigenvalue weighted by Crippen LogP contribution is 2.22. The molecule has 0 aliphatic rings. The van der Waals surface area contributed by atoms with Crippen molar-refractivity contribution in [3.63, 3.8) is 0 Å². The molecule has 0 radical (unpaired) electrons. The van der Waals surface area contributed by atoms with Crippen molar-refractivity contribution in [1.29, 1.82) is 0 Å². The van der Waals surface area contributed by atoms with Crippen LogP contribution < -0.4 is 10.5 Å². The van der Waals surface area contributed by atoms with Crippen molar-refractivity contribution in [2.45, 2.75) is 19.3 Å². The maximum atomic E-state index is 8.62. The largest absolute Gasteiger partial charge is 0.494 e. The molecule has 0 saturated carbocycles. The Labute approximate surface area is 111 Å². The number of oxime groups is 1. The molecule has 100 valence electrons. The van der Waals surface area contributed by atoms with Crippen molar-refractivity contribution in [2.24, 2.45) is 10.9 Å². The average molecular weight is 273 g/mol. The van der Waals surface area contributed by atoms with Crippen molar-refractivity contribution in [3.05, 3.63) is 28.8 Å². The van der Waals surface area contributed by atoms with Gasteiger partial charge in [-0.25, -0.2) is 0 Å². The van der Waals surface area contributed by atoms with Gasteiger partial charge in [-0.2, -0.15) is 0 Å². The molecule has 0 aliphatic heterocycles. The Morgan fingerprint density at radius 2 is 2.11 bits per heavy atom. The molecule has 1 aromatic rings. The summed E-state index contributed by atoms with van der Waals surface area (Å²) in [6, 6.07) is 4.98. The summed E-state index contributed by atoms with van der Waals surface area (Å²) in [7, 11) is 0. The number of aliphatic hydroxyl groups is 1. The maximum absolute atomic E-state index is 8.62. The van der Waals surface area contributed by atoms with Crippen LogP contribution >= 0.6 is 11.6 Å². The third kappa shape index (κ3) is 4.43. The number of hydrogen-bond acceptors (Lipinski definition) is 4. The SMILES string of the molecule is N/C(=N/O)c1ccc(OCCCCCO)cc1Cl. The lowest BCUT2D eigenvalue weighted by Gasteiger charge is -2.08. The highest BCUT2D eigenvalue weighted by molar-refractivity contribution is 6.34. The lowest BCUT2D eigenvalue weighted by molar-refractivity contribution is 0.266. The first-order valence-corrected chi connectivity index (χ1v) is 6.08. The fraction of sp³-hybridized carbons (Fsp3) is 0.417. The molecule has 0 aromatic heterocycles. The van der Waals surface area contributed by atoms with E-state index in [1.54, 1.807) is 18.2 Å². The second-order valence-corrected chi connectivity index (χ2v) is 4.17. The smallest absolute Gasteiger partial charge is 0.171 e. The third-order valence-electron chi connectivity index (χ3n) is 2.40. The predicted octanol–water partition coefficient (Wildman–Crippen LogP) is 1.98. The molecule has 0 bridgehead atoms. The zero-order chi connectivity index (χ0) is 13.4. The molecule has 0 spiro atoms. The number of amidine groups is 1. The van der Waals surface area contributed by atoms with Crippen LogP contribution in [0.15, 0.2) is 23.4 Å². The van der Waals surface area contributed by atoms with Gasteiger partial charge in [0.15, 0.2) is 5.84 Å². The summed E-state index contributed by atoms with van der Waals surface area (Å²) in [5.41, 5.74) is 5.92. The first-order chi connectivity index (χ1) is 8.69. The van der Waals surface area contributed by atoms with Crippen LogP contribution in [0.5, 0.6) is 5.75 Å². The van der Waals surface area contributed by atoms with Gasteiger partial charge in [0.25, 0.3) is 0 Å². The van der Waals surface area contributed by atoms with E-state index in [0.29, 0.717) is 22.9 Å². The maximum Gasteiger partial charge on any atom is 0.171 e. The van der Waals surface area contributed by atoms with E-state index in [1.165, 1.54) is 0 Å². The monoisotopic (exact) mass is 272 g/mol. The number of nitrogens with two attached hydrogens (primary N) is 1. The van der Waals surface area contributed by atoms with Crippen LogP contribution in [0.1, 0.15) is 24.8 Å². The van der Waals surface area contributed by atoms with Crippen LogP contribution in [0.2, 0.25) is 5.02 Å². The Hall–Kier alpha value is -1.46. The zero-order valence-corrected chi connectivity index (χ0v) is 10.7. The Balaban J connectivity index is 2.51. The number of rotatable bonds is 7. The van der Waals surface area contributed by atoms with E-state index in [4.69, 9.17) is 32.4 Å². The summed E-state index contributed by atoms with van der Waals surface area (Å²) in [6.07, 6.45) is 2.58. The van der Waals surface area contributed by atoms with Gasteiger partial charge < -0.3 is 20.8 Å². The van der Waals surface area contributed by atoms with Crippen molar-refractivity contribution < 1.29 is 15.1 Å². The van der Waals surface area contributed by atoms with Crippen molar-refractivity contribution in [1.82, 2.24) is 0 Å². The molecule has 0 fully saturated rings. The number of nitrogens with zero attached hydrogens (tertiary/aromatic N) is 1. The first-order valence-electron chi connectivity index (χ1n) is 5.70. The van der Waals surface area contributed by atoms with Crippen LogP contribution in [0.3, 0.4) is 0 Å². The van der Waals surface area contributed by atoms with Crippen molar-refractivity contribution in [3.8, 4) is 5.75 Å². The fourth-order valence-electron chi connectivity index (χ4n) is 1.43. The van der Waals surface area contributed by atoms with Crippen LogP contribution in [-0.2, 0) is 0 Å². The minimum absolute atomic E-state index is 0.0329. The zero-order valence-electron chi connectivity index (χ0n) is 9.97. The average Bonchev–Trinajstić information content (AvgIpc) is 2.38. The second kappa shape index (κ2) is 7.79. The van der Waals surface area contributed by atoms with E-state index in [1.807, 2.05) is 0 Å². The van der Waals surface area contributed by atoms with Gasteiger partial charge in [-0.3, -0.25) is 0 Å². The quantitative estimate of drug-likeness (QED) is 0.233. The molecular weight excluding hydrogens is 256 g/mol. The molecule has 0 amide bonds. The summed E-state index contributed by atoms with van der Waals surface area (Å²) in [4.78, 5) is 0. The van der Waals surface area contributed by atoms with Gasteiger partial charge in [0.2, 0.25) is 0 Å². The van der Waals surface area contributed by atoms with Crippen LogP contribution in [0.4, 0.5) is 0 Å². The Bertz CT molecular complexity index is 410. The highest BCUT2D eigenvalue weighted by Gasteiger charge is 2.06. The number of unbranched alkanes of at least 4 members (excludes halogenated alkanes) is 2. The van der Waals surface area contributed by atoms with Crippen LogP contribution in [-0.4, -0.2) is 29.4 Å². The predicted molar refractivity (Wildman–Crippen MR) is 70.4 cm³/mol. The Kier molecular flexibility index (Phi) is 6.32. The molecule has 0 aliphatic carbocycles. The number of aliphatic hydroxyl groups excluding tert-OH is 1. The number of benzene rings is 1. The van der Waals surface area contributed by atoms with Gasteiger partial charge in [-0.15, -0.1) is 0 Å². The highest BCUT2D eigenvalue weighted by atomic mass is 35.5. The minimum atomic E-state index is -0.0329. The van der Waals surface area contributed by atoms with E-state index < -0.39 is 0 Å². The molecular formula is C12H17ClN2O3. The molecule has 0 saturated heterocycles. The molecule has 1 aromatic carbocycles. The first kappa shape index (κ1) is 14.6. The van der Waals surface area contributed by atoms with Crippen molar-refractivity contribution in [2.75, 3.05) is 13.2 Å². The van der Waals surface area contributed by atoms with Gasteiger partial charge in [0.1, 0.15) is 5.75 Å². The topological polar surface area (TPSA) is 88.1 Å². The van der Waals surface area contributed by atoms with E-state index in [9.17, 15) is 0 Å². The van der Waals surface area contributed by atoms with Gasteiger partial charge in [-0.05, 0) is 37.5 Å². The van der Waals surface area contributed by atoms with E-state index >= 15 is 0 Å². The summed E-state index contributed by atoms with van der Waals surface area (Å²) in [5.74, 6) is 0.605. The van der Waals surface area contributed by atoms with Crippen LogP contribution in [0, 0.1) is 0 Å². The molecule has 0 unspecified atom stereocenters. The van der Waals surface area contributed by atoms with Gasteiger partial charge >= 0.3 is 0 Å². The molecule has 0 atom stereocenters. The van der Waals surface area contributed by atoms with E-state index in [0.717, 1.165) is 19.3 Å². The fourth-order valence-corrected chi connectivity index (χ4v) is 1.70. The van der Waals surface area contributed by atoms with E-state index in [2.05, 4.69) is 5.16 Å². The normalized spacial score (nSPS) is 11.6. The lowest BCUT2D eigenvalue weighted by atomic mass is 10.2. The Morgan fingerprint density at radius 1 is 1.33 bits per heavy atom. The molecule has 18 heavy (non-hydrogen) atoms. The minimum Gasteiger partial charge on any atom is -0.494 e. The molecule has 0 heterocycles. The number of ether oxygens (including phenoxy) is 1. The molecule has 5 nitrogen and oxygen atoms in total. The summed E-state index contributed by atoms with van der Waals surface area (Å²) < 4.78 is 5.49. The van der Waals surface area contributed by atoms with Crippen molar-refractivity contribution >= 4 is 17.4 Å². The molecule has 4 N–H and O–H groups in total. The third-order valence-corrected chi connectivity index (χ3v) is 2.71. The van der Waals surface area contributed by atoms with E-state index in [-0.39, 0.29) is 12.4 Å². The Morgan fingerprint density at radius 3 is 2.72 bits per heavy atom. The molecule has 6 heteroatoms. The van der Waals surface area contributed by atoms with Gasteiger partial charge in [0, 0.05) is 12.2 Å².